The molecule has 1 N–H and O–H groups in total. The normalized spacial score (nSPS) is 13.8. The lowest BCUT2D eigenvalue weighted by molar-refractivity contribution is -0.118. The molecule has 1 fully saturated rings. The van der Waals surface area contributed by atoms with Crippen LogP contribution in [0.4, 0.5) is 21.8 Å². The van der Waals surface area contributed by atoms with Gasteiger partial charge in [-0.05, 0) is 36.4 Å². The van der Waals surface area contributed by atoms with Crippen LogP contribution >= 0.6 is 0 Å². The zero-order chi connectivity index (χ0) is 20.8. The van der Waals surface area contributed by atoms with Gasteiger partial charge in [-0.25, -0.2) is 19.3 Å². The number of ether oxygens (including phenoxy) is 1. The highest BCUT2D eigenvalue weighted by Gasteiger charge is 2.19. The van der Waals surface area contributed by atoms with Crippen molar-refractivity contribution in [3.05, 3.63) is 66.9 Å². The van der Waals surface area contributed by atoms with Crippen LogP contribution in [-0.4, -0.2) is 53.6 Å². The maximum Gasteiger partial charge on any atom is 0.262 e. The van der Waals surface area contributed by atoms with E-state index in [1.807, 2.05) is 18.2 Å². The molecule has 2 aromatic heterocycles. The van der Waals surface area contributed by atoms with E-state index in [1.165, 1.54) is 24.3 Å². The van der Waals surface area contributed by atoms with Crippen molar-refractivity contribution in [2.75, 3.05) is 47.9 Å². The van der Waals surface area contributed by atoms with Crippen LogP contribution in [0, 0.1) is 5.82 Å². The Morgan fingerprint density at radius 2 is 1.67 bits per heavy atom. The van der Waals surface area contributed by atoms with E-state index in [-0.39, 0.29) is 18.3 Å². The number of carbonyl (C=O) groups is 1. The number of benzene rings is 1. The van der Waals surface area contributed by atoms with Crippen molar-refractivity contribution >= 4 is 23.4 Å². The first-order valence-electron chi connectivity index (χ1n) is 9.58. The third-order valence-electron chi connectivity index (χ3n) is 4.64. The lowest BCUT2D eigenvalue weighted by atomic mass is 10.3. The van der Waals surface area contributed by atoms with Crippen molar-refractivity contribution in [1.29, 1.82) is 0 Å². The molecule has 0 aliphatic carbocycles. The lowest BCUT2D eigenvalue weighted by Crippen LogP contribution is -2.47. The van der Waals surface area contributed by atoms with Gasteiger partial charge < -0.3 is 19.9 Å². The number of amides is 1. The van der Waals surface area contributed by atoms with Gasteiger partial charge in [-0.15, -0.1) is 0 Å². The molecule has 154 valence electrons. The second kappa shape index (κ2) is 9.17. The SMILES string of the molecule is O=C(COc1ccc(F)cc1)Nc1cnc(N2CCN(c3ccccn3)CC2)nc1. The van der Waals surface area contributed by atoms with Gasteiger partial charge in [-0.2, -0.15) is 0 Å². The number of rotatable bonds is 6. The number of carbonyl (C=O) groups excluding carboxylic acids is 1. The maximum absolute atomic E-state index is 12.9. The van der Waals surface area contributed by atoms with Crippen molar-refractivity contribution in [2.45, 2.75) is 0 Å². The Kier molecular flexibility index (Phi) is 5.98. The number of hydrogen-bond acceptors (Lipinski definition) is 7. The average Bonchev–Trinajstić information content (AvgIpc) is 2.80. The van der Waals surface area contributed by atoms with Gasteiger partial charge in [0.25, 0.3) is 5.91 Å². The molecular formula is C21H21FN6O2. The standard InChI is InChI=1S/C21H21FN6O2/c22-16-4-6-18(7-5-16)30-15-20(29)26-17-13-24-21(25-14-17)28-11-9-27(10-12-28)19-3-1-2-8-23-19/h1-8,13-14H,9-12,15H2,(H,26,29). The number of nitrogens with one attached hydrogen (secondary N) is 1. The number of anilines is 3. The fourth-order valence-electron chi connectivity index (χ4n) is 3.10. The lowest BCUT2D eigenvalue weighted by Gasteiger charge is -2.35. The summed E-state index contributed by atoms with van der Waals surface area (Å²) in [5, 5.41) is 2.68. The van der Waals surface area contributed by atoms with Gasteiger partial charge in [0.2, 0.25) is 5.95 Å². The molecule has 0 atom stereocenters. The van der Waals surface area contributed by atoms with Crippen LogP contribution in [0.1, 0.15) is 0 Å². The first-order chi connectivity index (χ1) is 14.7. The van der Waals surface area contributed by atoms with Crippen LogP contribution in [0.5, 0.6) is 5.75 Å². The first-order valence-corrected chi connectivity index (χ1v) is 9.58. The molecule has 1 aliphatic rings. The number of pyridine rings is 1. The van der Waals surface area contributed by atoms with Crippen molar-refractivity contribution in [2.24, 2.45) is 0 Å². The summed E-state index contributed by atoms with van der Waals surface area (Å²) < 4.78 is 18.2. The van der Waals surface area contributed by atoms with Crippen LogP contribution < -0.4 is 19.9 Å². The van der Waals surface area contributed by atoms with Crippen LogP contribution in [0.2, 0.25) is 0 Å². The molecule has 1 aliphatic heterocycles. The van der Waals surface area contributed by atoms with Crippen molar-refractivity contribution in [3.63, 3.8) is 0 Å². The number of halogens is 1. The topological polar surface area (TPSA) is 83.5 Å². The van der Waals surface area contributed by atoms with Crippen molar-refractivity contribution in [1.82, 2.24) is 15.0 Å². The molecule has 0 bridgehead atoms. The van der Waals surface area contributed by atoms with Crippen molar-refractivity contribution in [3.8, 4) is 5.75 Å². The van der Waals surface area contributed by atoms with Gasteiger partial charge in [0.15, 0.2) is 6.61 Å². The fourth-order valence-corrected chi connectivity index (χ4v) is 3.10. The predicted molar refractivity (Wildman–Crippen MR) is 111 cm³/mol. The van der Waals surface area contributed by atoms with Crippen molar-refractivity contribution < 1.29 is 13.9 Å². The Hall–Kier alpha value is -3.75. The van der Waals surface area contributed by atoms with Crippen LogP contribution in [0.3, 0.4) is 0 Å². The molecule has 0 saturated carbocycles. The molecule has 0 radical (unpaired) electrons. The Bertz CT molecular complexity index is 961. The first kappa shape index (κ1) is 19.6. The van der Waals surface area contributed by atoms with Gasteiger partial charge in [-0.3, -0.25) is 4.79 Å². The molecular weight excluding hydrogens is 387 g/mol. The average molecular weight is 408 g/mol. The molecule has 4 rings (SSSR count). The van der Waals surface area contributed by atoms with E-state index in [9.17, 15) is 9.18 Å². The minimum absolute atomic E-state index is 0.192. The summed E-state index contributed by atoms with van der Waals surface area (Å²) in [5.41, 5.74) is 0.485. The number of nitrogens with zero attached hydrogens (tertiary/aromatic N) is 5. The van der Waals surface area contributed by atoms with E-state index in [0.29, 0.717) is 17.4 Å². The van der Waals surface area contributed by atoms with Crippen LogP contribution in [0.25, 0.3) is 0 Å². The van der Waals surface area contributed by atoms with E-state index in [4.69, 9.17) is 4.74 Å². The van der Waals surface area contributed by atoms with Gasteiger partial charge in [0, 0.05) is 32.4 Å². The van der Waals surface area contributed by atoms with Gasteiger partial charge in [-0.1, -0.05) is 6.07 Å². The Morgan fingerprint density at radius 3 is 2.33 bits per heavy atom. The second-order valence-electron chi connectivity index (χ2n) is 6.72. The van der Waals surface area contributed by atoms with E-state index in [0.717, 1.165) is 32.0 Å². The van der Waals surface area contributed by atoms with E-state index < -0.39 is 0 Å². The number of aromatic nitrogens is 3. The second-order valence-corrected chi connectivity index (χ2v) is 6.72. The molecule has 9 heteroatoms. The molecule has 8 nitrogen and oxygen atoms in total. The van der Waals surface area contributed by atoms with Crippen LogP contribution in [0.15, 0.2) is 61.1 Å². The van der Waals surface area contributed by atoms with E-state index in [2.05, 4.69) is 30.1 Å². The van der Waals surface area contributed by atoms with Gasteiger partial charge >= 0.3 is 0 Å². The Morgan fingerprint density at radius 1 is 0.967 bits per heavy atom. The zero-order valence-corrected chi connectivity index (χ0v) is 16.2. The van der Waals surface area contributed by atoms with Gasteiger partial charge in [0.05, 0.1) is 18.1 Å². The summed E-state index contributed by atoms with van der Waals surface area (Å²) in [5.74, 6) is 1.31. The molecule has 1 aromatic carbocycles. The summed E-state index contributed by atoms with van der Waals surface area (Å²) in [6.07, 6.45) is 4.94. The molecule has 1 amide bonds. The highest BCUT2D eigenvalue weighted by molar-refractivity contribution is 5.91. The van der Waals surface area contributed by atoms with Crippen LogP contribution in [-0.2, 0) is 4.79 Å². The predicted octanol–water partition coefficient (Wildman–Crippen LogP) is 2.35. The molecule has 3 aromatic rings. The molecule has 1 saturated heterocycles. The Labute approximate surface area is 173 Å². The molecule has 30 heavy (non-hydrogen) atoms. The fraction of sp³-hybridized carbons (Fsp3) is 0.238. The molecule has 0 unspecified atom stereocenters. The summed E-state index contributed by atoms with van der Waals surface area (Å²) in [6.45, 7) is 3.05. The number of piperazine rings is 1. The minimum atomic E-state index is -0.359. The third-order valence-corrected chi connectivity index (χ3v) is 4.64. The minimum Gasteiger partial charge on any atom is -0.484 e. The largest absolute Gasteiger partial charge is 0.484 e. The van der Waals surface area contributed by atoms with Gasteiger partial charge in [0.1, 0.15) is 17.4 Å². The summed E-state index contributed by atoms with van der Waals surface area (Å²) >= 11 is 0. The highest BCUT2D eigenvalue weighted by atomic mass is 19.1. The maximum atomic E-state index is 12.9. The number of hydrogen-bond donors (Lipinski definition) is 1. The zero-order valence-electron chi connectivity index (χ0n) is 16.2. The Balaban J connectivity index is 1.26. The summed E-state index contributed by atoms with van der Waals surface area (Å²) in [4.78, 5) is 29.5. The summed E-state index contributed by atoms with van der Waals surface area (Å²) in [6, 6.07) is 11.4. The molecule has 3 heterocycles. The quantitative estimate of drug-likeness (QED) is 0.670. The highest BCUT2D eigenvalue weighted by Crippen LogP contribution is 2.17. The third kappa shape index (κ3) is 4.99. The smallest absolute Gasteiger partial charge is 0.262 e. The molecule has 0 spiro atoms. The monoisotopic (exact) mass is 408 g/mol. The van der Waals surface area contributed by atoms with E-state index in [1.54, 1.807) is 18.6 Å². The summed E-state index contributed by atoms with van der Waals surface area (Å²) in [7, 11) is 0. The van der Waals surface area contributed by atoms with E-state index >= 15 is 0 Å².